The average molecular weight is 380 g/mol. The second kappa shape index (κ2) is 7.84. The van der Waals surface area contributed by atoms with E-state index in [0.29, 0.717) is 29.2 Å². The summed E-state index contributed by atoms with van der Waals surface area (Å²) in [6.45, 7) is 7.52. The normalized spacial score (nSPS) is 16.6. The number of anilines is 1. The van der Waals surface area contributed by atoms with Gasteiger partial charge in [0.2, 0.25) is 0 Å². The molecule has 28 heavy (non-hydrogen) atoms. The predicted octanol–water partition coefficient (Wildman–Crippen LogP) is 3.95. The summed E-state index contributed by atoms with van der Waals surface area (Å²) in [6.07, 6.45) is 0. The van der Waals surface area contributed by atoms with Crippen LogP contribution >= 0.6 is 0 Å². The van der Waals surface area contributed by atoms with Gasteiger partial charge < -0.3 is 4.74 Å². The van der Waals surface area contributed by atoms with E-state index in [0.717, 1.165) is 5.56 Å². The standard InChI is InChI=1S/C22H24N2O4/c1-5-28-20-11-8-17(16(4)25)12-18(20)13-23-21(26)15(3)24(22(23)27)19-9-6-14(2)7-10-19/h6-12,15H,5,13H2,1-4H3/t15-/m1/s1. The third-order valence-electron chi connectivity index (χ3n) is 4.86. The molecule has 1 aliphatic rings. The minimum Gasteiger partial charge on any atom is -0.494 e. The number of benzene rings is 2. The molecule has 0 N–H and O–H groups in total. The summed E-state index contributed by atoms with van der Waals surface area (Å²) in [5, 5.41) is 0. The van der Waals surface area contributed by atoms with Gasteiger partial charge in [0.15, 0.2) is 5.78 Å². The monoisotopic (exact) mass is 380 g/mol. The molecule has 6 nitrogen and oxygen atoms in total. The van der Waals surface area contributed by atoms with Crippen LogP contribution in [0.1, 0.15) is 42.3 Å². The molecule has 1 aliphatic heterocycles. The molecule has 1 heterocycles. The minimum absolute atomic E-state index is 0.0564. The number of carbonyl (C=O) groups is 3. The smallest absolute Gasteiger partial charge is 0.332 e. The van der Waals surface area contributed by atoms with Crippen LogP contribution in [0.15, 0.2) is 42.5 Å². The van der Waals surface area contributed by atoms with Gasteiger partial charge in [-0.2, -0.15) is 0 Å². The molecule has 6 heteroatoms. The summed E-state index contributed by atoms with van der Waals surface area (Å²) in [6, 6.07) is 11.6. The second-order valence-corrected chi connectivity index (χ2v) is 6.90. The van der Waals surface area contributed by atoms with Crippen LogP contribution in [0.3, 0.4) is 0 Å². The SMILES string of the molecule is CCOc1ccc(C(C)=O)cc1CN1C(=O)[C@@H](C)N(c2ccc(C)cc2)C1=O. The van der Waals surface area contributed by atoms with Crippen molar-refractivity contribution >= 4 is 23.4 Å². The molecule has 0 bridgehead atoms. The first kappa shape index (κ1) is 19.6. The lowest BCUT2D eigenvalue weighted by Crippen LogP contribution is -2.33. The molecule has 0 aromatic heterocycles. The van der Waals surface area contributed by atoms with Gasteiger partial charge in [-0.15, -0.1) is 0 Å². The van der Waals surface area contributed by atoms with Crippen LogP contribution in [0.5, 0.6) is 5.75 Å². The molecule has 2 aromatic carbocycles. The Kier molecular flexibility index (Phi) is 5.49. The Bertz CT molecular complexity index is 921. The number of hydrogen-bond donors (Lipinski definition) is 0. The number of hydrogen-bond acceptors (Lipinski definition) is 4. The molecule has 0 unspecified atom stereocenters. The van der Waals surface area contributed by atoms with Crippen LogP contribution in [0.4, 0.5) is 10.5 Å². The van der Waals surface area contributed by atoms with Crippen LogP contribution in [0.2, 0.25) is 0 Å². The van der Waals surface area contributed by atoms with E-state index in [1.165, 1.54) is 16.7 Å². The van der Waals surface area contributed by atoms with E-state index >= 15 is 0 Å². The maximum absolute atomic E-state index is 13.0. The number of carbonyl (C=O) groups excluding carboxylic acids is 3. The Morgan fingerprint density at radius 1 is 1.11 bits per heavy atom. The third-order valence-corrected chi connectivity index (χ3v) is 4.86. The number of aryl methyl sites for hydroxylation is 1. The van der Waals surface area contributed by atoms with E-state index in [4.69, 9.17) is 4.74 Å². The number of urea groups is 1. The Morgan fingerprint density at radius 3 is 2.39 bits per heavy atom. The second-order valence-electron chi connectivity index (χ2n) is 6.90. The minimum atomic E-state index is -0.596. The first-order valence-electron chi connectivity index (χ1n) is 9.31. The van der Waals surface area contributed by atoms with Gasteiger partial charge in [0.1, 0.15) is 11.8 Å². The number of Topliss-reactive ketones (excluding diaryl/α,β-unsaturated/α-hetero) is 1. The van der Waals surface area contributed by atoms with E-state index in [9.17, 15) is 14.4 Å². The zero-order valence-electron chi connectivity index (χ0n) is 16.6. The van der Waals surface area contributed by atoms with E-state index in [-0.39, 0.29) is 24.3 Å². The molecule has 2 aromatic rings. The fraction of sp³-hybridized carbons (Fsp3) is 0.318. The topological polar surface area (TPSA) is 66.9 Å². The lowest BCUT2D eigenvalue weighted by atomic mass is 10.1. The molecule has 1 atom stereocenters. The predicted molar refractivity (Wildman–Crippen MR) is 107 cm³/mol. The highest BCUT2D eigenvalue weighted by Crippen LogP contribution is 2.29. The molecule has 3 rings (SSSR count). The molecular formula is C22H24N2O4. The summed E-state index contributed by atoms with van der Waals surface area (Å²) in [4.78, 5) is 40.3. The molecule has 1 fully saturated rings. The van der Waals surface area contributed by atoms with Gasteiger partial charge in [-0.1, -0.05) is 17.7 Å². The van der Waals surface area contributed by atoms with Crippen molar-refractivity contribution in [1.82, 2.24) is 4.90 Å². The van der Waals surface area contributed by atoms with E-state index in [1.54, 1.807) is 25.1 Å². The zero-order valence-corrected chi connectivity index (χ0v) is 16.6. The molecule has 0 radical (unpaired) electrons. The van der Waals surface area contributed by atoms with Crippen molar-refractivity contribution in [3.8, 4) is 5.75 Å². The largest absolute Gasteiger partial charge is 0.494 e. The third kappa shape index (κ3) is 3.63. The molecule has 146 valence electrons. The van der Waals surface area contributed by atoms with Gasteiger partial charge in [-0.25, -0.2) is 4.79 Å². The molecular weight excluding hydrogens is 356 g/mol. The average Bonchev–Trinajstić information content (AvgIpc) is 2.87. The van der Waals surface area contributed by atoms with E-state index in [2.05, 4.69) is 0 Å². The number of ether oxygens (including phenoxy) is 1. The molecule has 0 aliphatic carbocycles. The molecule has 1 saturated heterocycles. The molecule has 3 amide bonds. The summed E-state index contributed by atoms with van der Waals surface area (Å²) in [5.41, 5.74) is 2.91. The highest BCUT2D eigenvalue weighted by atomic mass is 16.5. The number of rotatable bonds is 6. The van der Waals surface area contributed by atoms with Crippen molar-refractivity contribution in [1.29, 1.82) is 0 Å². The Labute approximate surface area is 164 Å². The first-order chi connectivity index (χ1) is 13.3. The maximum Gasteiger partial charge on any atom is 0.332 e. The van der Waals surface area contributed by atoms with Crippen molar-refractivity contribution in [3.05, 3.63) is 59.2 Å². The van der Waals surface area contributed by atoms with Gasteiger partial charge in [0.25, 0.3) is 5.91 Å². The lowest BCUT2D eigenvalue weighted by Gasteiger charge is -2.20. The van der Waals surface area contributed by atoms with Crippen LogP contribution in [0.25, 0.3) is 0 Å². The van der Waals surface area contributed by atoms with Crippen molar-refractivity contribution < 1.29 is 19.1 Å². The van der Waals surface area contributed by atoms with Crippen LogP contribution < -0.4 is 9.64 Å². The molecule has 0 saturated carbocycles. The van der Waals surface area contributed by atoms with Gasteiger partial charge in [-0.3, -0.25) is 19.4 Å². The van der Waals surface area contributed by atoms with Crippen LogP contribution in [-0.2, 0) is 11.3 Å². The number of amides is 3. The van der Waals surface area contributed by atoms with Crippen molar-refractivity contribution in [3.63, 3.8) is 0 Å². The summed E-state index contributed by atoms with van der Waals surface area (Å²) in [5.74, 6) is 0.203. The lowest BCUT2D eigenvalue weighted by molar-refractivity contribution is -0.127. The molecule has 0 spiro atoms. The van der Waals surface area contributed by atoms with E-state index in [1.807, 2.05) is 38.1 Å². The summed E-state index contributed by atoms with van der Waals surface area (Å²) in [7, 11) is 0. The fourth-order valence-electron chi connectivity index (χ4n) is 3.30. The fourth-order valence-corrected chi connectivity index (χ4v) is 3.30. The first-order valence-corrected chi connectivity index (χ1v) is 9.31. The highest BCUT2D eigenvalue weighted by molar-refractivity contribution is 6.14. The van der Waals surface area contributed by atoms with Gasteiger partial charge in [-0.05, 0) is 58.0 Å². The van der Waals surface area contributed by atoms with Gasteiger partial charge >= 0.3 is 6.03 Å². The Hall–Kier alpha value is -3.15. The number of imide groups is 1. The maximum atomic E-state index is 13.0. The summed E-state index contributed by atoms with van der Waals surface area (Å²) < 4.78 is 5.63. The Balaban J connectivity index is 1.93. The van der Waals surface area contributed by atoms with E-state index < -0.39 is 6.04 Å². The number of nitrogens with zero attached hydrogens (tertiary/aromatic N) is 2. The Morgan fingerprint density at radius 2 is 1.79 bits per heavy atom. The quantitative estimate of drug-likeness (QED) is 0.562. The van der Waals surface area contributed by atoms with Crippen molar-refractivity contribution in [2.45, 2.75) is 40.3 Å². The zero-order chi connectivity index (χ0) is 20.4. The van der Waals surface area contributed by atoms with Gasteiger partial charge in [0.05, 0.1) is 13.2 Å². The van der Waals surface area contributed by atoms with Crippen LogP contribution in [-0.4, -0.2) is 35.3 Å². The van der Waals surface area contributed by atoms with Crippen molar-refractivity contribution in [2.75, 3.05) is 11.5 Å². The van der Waals surface area contributed by atoms with Crippen molar-refractivity contribution in [2.24, 2.45) is 0 Å². The number of ketones is 1. The summed E-state index contributed by atoms with van der Waals surface area (Å²) >= 11 is 0. The highest BCUT2D eigenvalue weighted by Gasteiger charge is 2.43. The van der Waals surface area contributed by atoms with Gasteiger partial charge in [0, 0.05) is 16.8 Å². The van der Waals surface area contributed by atoms with Crippen LogP contribution in [0, 0.1) is 6.92 Å².